The summed E-state index contributed by atoms with van der Waals surface area (Å²) in [5, 5.41) is 8.83. The van der Waals surface area contributed by atoms with Crippen LogP contribution in [0.3, 0.4) is 0 Å². The lowest BCUT2D eigenvalue weighted by Gasteiger charge is -2.25. The third-order valence-electron chi connectivity index (χ3n) is 5.23. The van der Waals surface area contributed by atoms with E-state index >= 15 is 0 Å². The summed E-state index contributed by atoms with van der Waals surface area (Å²) in [4.78, 5) is 35.9. The minimum absolute atomic E-state index is 0.249. The molecular weight excluding hydrogens is 426 g/mol. The Morgan fingerprint density at radius 2 is 1.30 bits per heavy atom. The predicted octanol–water partition coefficient (Wildman–Crippen LogP) is 3.94. The number of rotatable bonds is 8. The smallest absolute Gasteiger partial charge is 0.333 e. The van der Waals surface area contributed by atoms with Gasteiger partial charge in [-0.25, -0.2) is 4.79 Å². The molecular formula is C25H23NO7. The molecule has 0 saturated heterocycles. The molecule has 1 aliphatic carbocycles. The first-order valence-corrected chi connectivity index (χ1v) is 10.4. The van der Waals surface area contributed by atoms with Crippen LogP contribution in [0.2, 0.25) is 0 Å². The first kappa shape index (κ1) is 23.5. The van der Waals surface area contributed by atoms with E-state index in [0.717, 1.165) is 6.08 Å². The van der Waals surface area contributed by atoms with E-state index in [2.05, 4.69) is 6.58 Å². The summed E-state index contributed by atoms with van der Waals surface area (Å²) in [6.45, 7) is 3.04. The second-order valence-electron chi connectivity index (χ2n) is 7.43. The molecule has 8 nitrogen and oxygen atoms in total. The predicted molar refractivity (Wildman–Crippen MR) is 116 cm³/mol. The molecule has 1 aliphatic rings. The molecule has 2 aromatic carbocycles. The number of nitriles is 1. The van der Waals surface area contributed by atoms with Gasteiger partial charge in [-0.05, 0) is 74.2 Å². The first-order chi connectivity index (χ1) is 16.0. The molecule has 0 atom stereocenters. The molecule has 1 saturated carbocycles. The summed E-state index contributed by atoms with van der Waals surface area (Å²) in [5.74, 6) is -0.617. The highest BCUT2D eigenvalue weighted by Gasteiger charge is 2.32. The van der Waals surface area contributed by atoms with Crippen LogP contribution in [0.25, 0.3) is 0 Å². The van der Waals surface area contributed by atoms with Gasteiger partial charge in [0.05, 0.1) is 23.5 Å². The lowest BCUT2D eigenvalue weighted by molar-refractivity contribution is -0.145. The van der Waals surface area contributed by atoms with E-state index in [4.69, 9.17) is 24.2 Å². The normalized spacial score (nSPS) is 17.2. The lowest BCUT2D eigenvalue weighted by Crippen LogP contribution is -2.30. The molecule has 8 heteroatoms. The van der Waals surface area contributed by atoms with Gasteiger partial charge in [0.15, 0.2) is 0 Å². The van der Waals surface area contributed by atoms with E-state index in [1.807, 2.05) is 6.07 Å². The van der Waals surface area contributed by atoms with Gasteiger partial charge < -0.3 is 18.9 Å². The molecule has 3 rings (SSSR count). The number of esters is 3. The van der Waals surface area contributed by atoms with Gasteiger partial charge in [0.1, 0.15) is 17.2 Å². The van der Waals surface area contributed by atoms with Crippen LogP contribution in [0.5, 0.6) is 17.2 Å². The van der Waals surface area contributed by atoms with Crippen molar-refractivity contribution < 1.29 is 33.3 Å². The Hall–Kier alpha value is -4.12. The Morgan fingerprint density at radius 1 is 0.848 bits per heavy atom. The number of carbonyl (C=O) groups is 3. The van der Waals surface area contributed by atoms with E-state index in [9.17, 15) is 14.4 Å². The molecule has 0 bridgehead atoms. The molecule has 0 amide bonds. The summed E-state index contributed by atoms with van der Waals surface area (Å²) in [7, 11) is 0. The molecule has 170 valence electrons. The summed E-state index contributed by atoms with van der Waals surface area (Å²) < 4.78 is 20.8. The number of nitrogens with zero attached hydrogens (tertiary/aromatic N) is 1. The van der Waals surface area contributed by atoms with E-state index in [0.29, 0.717) is 48.5 Å². The summed E-state index contributed by atoms with van der Waals surface area (Å²) in [5.41, 5.74) is 0.491. The average molecular weight is 449 g/mol. The van der Waals surface area contributed by atoms with Gasteiger partial charge in [-0.1, -0.05) is 6.58 Å². The van der Waals surface area contributed by atoms with Gasteiger partial charge in [0.2, 0.25) is 6.79 Å². The Labute approximate surface area is 191 Å². The zero-order chi connectivity index (χ0) is 23.6. The van der Waals surface area contributed by atoms with Gasteiger partial charge in [-0.15, -0.1) is 0 Å². The maximum absolute atomic E-state index is 12.5. The van der Waals surface area contributed by atoms with Crippen LogP contribution in [-0.4, -0.2) is 24.7 Å². The molecule has 0 spiro atoms. The monoisotopic (exact) mass is 449 g/mol. The van der Waals surface area contributed by atoms with E-state index in [1.54, 1.807) is 48.5 Å². The van der Waals surface area contributed by atoms with E-state index < -0.39 is 5.97 Å². The number of benzene rings is 2. The quantitative estimate of drug-likeness (QED) is 0.258. The SMILES string of the molecule is C=CC(=O)OCOc1ccc(OC(=O)C2CCC(C(=O)Oc3ccc(C#N)cc3)CC2)cc1. The van der Waals surface area contributed by atoms with Crippen LogP contribution in [0.15, 0.2) is 61.2 Å². The lowest BCUT2D eigenvalue weighted by atomic mass is 9.82. The Balaban J connectivity index is 1.42. The highest BCUT2D eigenvalue weighted by molar-refractivity contribution is 5.81. The Morgan fingerprint density at radius 3 is 1.76 bits per heavy atom. The van der Waals surface area contributed by atoms with Crippen molar-refractivity contribution in [2.75, 3.05) is 6.79 Å². The molecule has 0 N–H and O–H groups in total. The largest absolute Gasteiger partial charge is 0.457 e. The van der Waals surface area contributed by atoms with Crippen LogP contribution >= 0.6 is 0 Å². The maximum Gasteiger partial charge on any atom is 0.333 e. The standard InChI is InChI=1S/C25H23NO7/c1-2-23(27)31-16-30-20-11-13-22(14-12-20)33-25(29)19-7-5-18(6-8-19)24(28)32-21-9-3-17(15-26)4-10-21/h2-4,9-14,18-19H,1,5-8,16H2. The number of ether oxygens (including phenoxy) is 4. The van der Waals surface area contributed by atoms with Crippen LogP contribution in [0.4, 0.5) is 0 Å². The minimum Gasteiger partial charge on any atom is -0.457 e. The average Bonchev–Trinajstić information content (AvgIpc) is 2.85. The van der Waals surface area contributed by atoms with E-state index in [-0.39, 0.29) is 30.6 Å². The van der Waals surface area contributed by atoms with Crippen molar-refractivity contribution in [2.45, 2.75) is 25.7 Å². The van der Waals surface area contributed by atoms with Crippen LogP contribution < -0.4 is 14.2 Å². The number of hydrogen-bond donors (Lipinski definition) is 0. The summed E-state index contributed by atoms with van der Waals surface area (Å²) in [6, 6.07) is 14.7. The zero-order valence-corrected chi connectivity index (χ0v) is 17.9. The second kappa shape index (κ2) is 11.5. The fraction of sp³-hybridized carbons (Fsp3) is 0.280. The first-order valence-electron chi connectivity index (χ1n) is 10.4. The molecule has 33 heavy (non-hydrogen) atoms. The number of hydrogen-bond acceptors (Lipinski definition) is 8. The molecule has 0 radical (unpaired) electrons. The van der Waals surface area contributed by atoms with Crippen LogP contribution in [0.1, 0.15) is 31.2 Å². The van der Waals surface area contributed by atoms with Crippen molar-refractivity contribution in [3.8, 4) is 23.3 Å². The van der Waals surface area contributed by atoms with Gasteiger partial charge in [-0.3, -0.25) is 9.59 Å². The highest BCUT2D eigenvalue weighted by atomic mass is 16.7. The topological polar surface area (TPSA) is 112 Å². The van der Waals surface area contributed by atoms with Gasteiger partial charge in [0, 0.05) is 6.08 Å². The van der Waals surface area contributed by atoms with Crippen molar-refractivity contribution in [2.24, 2.45) is 11.8 Å². The molecule has 0 aromatic heterocycles. The van der Waals surface area contributed by atoms with Gasteiger partial charge in [0.25, 0.3) is 0 Å². The second-order valence-corrected chi connectivity index (χ2v) is 7.43. The third kappa shape index (κ3) is 6.94. The molecule has 0 heterocycles. The third-order valence-corrected chi connectivity index (χ3v) is 5.23. The Bertz CT molecular complexity index is 1030. The molecule has 0 unspecified atom stereocenters. The molecule has 2 aromatic rings. The van der Waals surface area contributed by atoms with Gasteiger partial charge in [-0.2, -0.15) is 5.26 Å². The highest BCUT2D eigenvalue weighted by Crippen LogP contribution is 2.31. The van der Waals surface area contributed by atoms with Crippen LogP contribution in [-0.2, 0) is 19.1 Å². The molecule has 0 aliphatic heterocycles. The minimum atomic E-state index is -0.585. The van der Waals surface area contributed by atoms with Crippen molar-refractivity contribution in [3.05, 3.63) is 66.7 Å². The molecule has 1 fully saturated rings. The fourth-order valence-corrected chi connectivity index (χ4v) is 3.38. The van der Waals surface area contributed by atoms with Crippen molar-refractivity contribution in [3.63, 3.8) is 0 Å². The number of carbonyl (C=O) groups excluding carboxylic acids is 3. The fourth-order valence-electron chi connectivity index (χ4n) is 3.38. The van der Waals surface area contributed by atoms with Crippen molar-refractivity contribution >= 4 is 17.9 Å². The summed E-state index contributed by atoms with van der Waals surface area (Å²) >= 11 is 0. The van der Waals surface area contributed by atoms with Crippen molar-refractivity contribution in [1.29, 1.82) is 5.26 Å². The van der Waals surface area contributed by atoms with Gasteiger partial charge >= 0.3 is 17.9 Å². The Kier molecular flexibility index (Phi) is 8.19. The zero-order valence-electron chi connectivity index (χ0n) is 17.9. The maximum atomic E-state index is 12.5. The summed E-state index contributed by atoms with van der Waals surface area (Å²) in [6.07, 6.45) is 3.16. The van der Waals surface area contributed by atoms with E-state index in [1.165, 1.54) is 0 Å². The van der Waals surface area contributed by atoms with Crippen molar-refractivity contribution in [1.82, 2.24) is 0 Å². The van der Waals surface area contributed by atoms with Crippen LogP contribution in [0, 0.1) is 23.2 Å².